The van der Waals surface area contributed by atoms with Gasteiger partial charge < -0.3 is 4.42 Å². The van der Waals surface area contributed by atoms with Gasteiger partial charge in [-0.05, 0) is 29.8 Å². The molecule has 0 spiro atoms. The maximum atomic E-state index is 13.5. The second-order valence-corrected chi connectivity index (χ2v) is 7.26. The van der Waals surface area contributed by atoms with Gasteiger partial charge in [-0.3, -0.25) is 0 Å². The van der Waals surface area contributed by atoms with E-state index in [1.807, 2.05) is 0 Å². The van der Waals surface area contributed by atoms with Crippen molar-refractivity contribution in [2.24, 2.45) is 0 Å². The lowest BCUT2D eigenvalue weighted by molar-refractivity contribution is -0.137. The van der Waals surface area contributed by atoms with Gasteiger partial charge in [-0.25, -0.2) is 0 Å². The molecular weight excluding hydrogens is 430 g/mol. The molecular formula is C20H10F6N2OS. The summed E-state index contributed by atoms with van der Waals surface area (Å²) in [7, 11) is 0. The first-order valence-corrected chi connectivity index (χ1v) is 9.22. The van der Waals surface area contributed by atoms with Crippen LogP contribution in [0.15, 0.2) is 65.1 Å². The van der Waals surface area contributed by atoms with Crippen molar-refractivity contribution >= 4 is 11.3 Å². The van der Waals surface area contributed by atoms with Gasteiger partial charge in [-0.1, -0.05) is 36.4 Å². The van der Waals surface area contributed by atoms with E-state index in [0.717, 1.165) is 12.1 Å². The SMILES string of the molecule is FC(F)(F)c1cccc(-c2nnc(-c3cc(-c4ccccc4)c(C(F)(F)F)s3)o2)c1. The van der Waals surface area contributed by atoms with Crippen LogP contribution in [0.3, 0.4) is 0 Å². The average Bonchev–Trinajstić information content (AvgIpc) is 3.35. The molecule has 0 atom stereocenters. The average molecular weight is 440 g/mol. The van der Waals surface area contributed by atoms with Gasteiger partial charge in [0.1, 0.15) is 4.88 Å². The number of thiophene rings is 1. The molecule has 0 N–H and O–H groups in total. The summed E-state index contributed by atoms with van der Waals surface area (Å²) in [5.41, 5.74) is -0.562. The third kappa shape index (κ3) is 3.95. The number of benzene rings is 2. The first-order valence-electron chi connectivity index (χ1n) is 8.41. The minimum atomic E-state index is -4.60. The van der Waals surface area contributed by atoms with Crippen molar-refractivity contribution in [3.05, 3.63) is 71.1 Å². The fourth-order valence-corrected chi connectivity index (χ4v) is 3.78. The van der Waals surface area contributed by atoms with Crippen molar-refractivity contribution in [2.45, 2.75) is 12.4 Å². The van der Waals surface area contributed by atoms with E-state index in [4.69, 9.17) is 4.42 Å². The maximum Gasteiger partial charge on any atom is 0.426 e. The molecule has 2 aromatic carbocycles. The van der Waals surface area contributed by atoms with Gasteiger partial charge in [-0.2, -0.15) is 26.3 Å². The van der Waals surface area contributed by atoms with E-state index in [1.54, 1.807) is 30.3 Å². The van der Waals surface area contributed by atoms with Crippen LogP contribution in [-0.2, 0) is 12.4 Å². The highest BCUT2D eigenvalue weighted by Gasteiger charge is 2.37. The summed E-state index contributed by atoms with van der Waals surface area (Å²) in [6, 6.07) is 13.5. The van der Waals surface area contributed by atoms with Crippen LogP contribution in [0, 0.1) is 0 Å². The smallest absolute Gasteiger partial charge is 0.415 e. The first-order chi connectivity index (χ1) is 14.1. The quantitative estimate of drug-likeness (QED) is 0.317. The summed E-state index contributed by atoms with van der Waals surface area (Å²) in [5.74, 6) is -0.431. The van der Waals surface area contributed by atoms with Gasteiger partial charge in [-0.15, -0.1) is 21.5 Å². The molecule has 0 saturated heterocycles. The molecule has 0 aliphatic carbocycles. The lowest BCUT2D eigenvalue weighted by Gasteiger charge is -2.07. The predicted octanol–water partition coefficient (Wildman–Crippen LogP) is 7.17. The second-order valence-electron chi connectivity index (χ2n) is 6.21. The number of hydrogen-bond donors (Lipinski definition) is 0. The Morgan fingerprint density at radius 3 is 2.03 bits per heavy atom. The van der Waals surface area contributed by atoms with E-state index < -0.39 is 22.8 Å². The molecule has 0 amide bonds. The van der Waals surface area contributed by atoms with E-state index in [9.17, 15) is 26.3 Å². The highest BCUT2D eigenvalue weighted by molar-refractivity contribution is 7.16. The Kier molecular flexibility index (Phi) is 4.89. The summed E-state index contributed by atoms with van der Waals surface area (Å²) < 4.78 is 84.7. The van der Waals surface area contributed by atoms with E-state index in [1.165, 1.54) is 18.2 Å². The van der Waals surface area contributed by atoms with Crippen molar-refractivity contribution in [1.29, 1.82) is 0 Å². The zero-order chi connectivity index (χ0) is 21.5. The Hall–Kier alpha value is -3.14. The molecule has 4 rings (SSSR count). The molecule has 0 aliphatic rings. The van der Waals surface area contributed by atoms with Crippen LogP contribution in [0.2, 0.25) is 0 Å². The summed E-state index contributed by atoms with van der Waals surface area (Å²) in [6.45, 7) is 0. The van der Waals surface area contributed by atoms with Crippen molar-refractivity contribution in [1.82, 2.24) is 10.2 Å². The topological polar surface area (TPSA) is 38.9 Å². The van der Waals surface area contributed by atoms with Gasteiger partial charge in [0.2, 0.25) is 5.89 Å². The maximum absolute atomic E-state index is 13.5. The molecule has 0 bridgehead atoms. The van der Waals surface area contributed by atoms with Gasteiger partial charge in [0.25, 0.3) is 5.89 Å². The van der Waals surface area contributed by atoms with Crippen LogP contribution >= 0.6 is 11.3 Å². The Morgan fingerprint density at radius 2 is 1.37 bits per heavy atom. The summed E-state index contributed by atoms with van der Waals surface area (Å²) in [4.78, 5) is -0.769. The van der Waals surface area contributed by atoms with Gasteiger partial charge in [0, 0.05) is 11.1 Å². The van der Waals surface area contributed by atoms with E-state index in [0.29, 0.717) is 16.9 Å². The van der Waals surface area contributed by atoms with Crippen LogP contribution in [0.25, 0.3) is 33.3 Å². The van der Waals surface area contributed by atoms with E-state index in [-0.39, 0.29) is 27.8 Å². The van der Waals surface area contributed by atoms with Gasteiger partial charge in [0.15, 0.2) is 0 Å². The van der Waals surface area contributed by atoms with Gasteiger partial charge >= 0.3 is 12.4 Å². The highest BCUT2D eigenvalue weighted by Crippen LogP contribution is 2.45. The molecule has 3 nitrogen and oxygen atoms in total. The monoisotopic (exact) mass is 440 g/mol. The zero-order valence-electron chi connectivity index (χ0n) is 14.8. The molecule has 0 aliphatic heterocycles. The van der Waals surface area contributed by atoms with Crippen LogP contribution in [0.4, 0.5) is 26.3 Å². The zero-order valence-corrected chi connectivity index (χ0v) is 15.6. The number of aromatic nitrogens is 2. The molecule has 0 saturated carbocycles. The van der Waals surface area contributed by atoms with Crippen molar-refractivity contribution in [3.8, 4) is 33.3 Å². The standard InChI is InChI=1S/C20H10F6N2OS/c21-19(22,23)13-8-4-7-12(9-13)17-27-28-18(29-17)15-10-14(11-5-2-1-3-6-11)16(30-15)20(24,25)26/h1-10H. The second kappa shape index (κ2) is 7.28. The van der Waals surface area contributed by atoms with Crippen LogP contribution in [0.5, 0.6) is 0 Å². The van der Waals surface area contributed by atoms with E-state index in [2.05, 4.69) is 10.2 Å². The van der Waals surface area contributed by atoms with Crippen molar-refractivity contribution in [2.75, 3.05) is 0 Å². The lowest BCUT2D eigenvalue weighted by Crippen LogP contribution is -2.04. The fraction of sp³-hybridized carbons (Fsp3) is 0.100. The summed E-state index contributed by atoms with van der Waals surface area (Å²) in [6.07, 6.45) is -9.16. The number of hydrogen-bond acceptors (Lipinski definition) is 4. The Bertz CT molecular complexity index is 1180. The van der Waals surface area contributed by atoms with Crippen molar-refractivity contribution in [3.63, 3.8) is 0 Å². The predicted molar refractivity (Wildman–Crippen MR) is 98.5 cm³/mol. The molecule has 10 heteroatoms. The number of nitrogens with zero attached hydrogens (tertiary/aromatic N) is 2. The number of halogens is 6. The van der Waals surface area contributed by atoms with Crippen molar-refractivity contribution < 1.29 is 30.8 Å². The normalized spacial score (nSPS) is 12.3. The third-order valence-corrected chi connectivity index (χ3v) is 5.31. The molecule has 4 aromatic rings. The highest BCUT2D eigenvalue weighted by atomic mass is 32.1. The fourth-order valence-electron chi connectivity index (χ4n) is 2.81. The Labute approximate surface area is 169 Å². The first kappa shape index (κ1) is 20.1. The van der Waals surface area contributed by atoms with Gasteiger partial charge in [0.05, 0.1) is 10.4 Å². The summed E-state index contributed by atoms with van der Waals surface area (Å²) >= 11 is 0.429. The molecule has 0 unspecified atom stereocenters. The summed E-state index contributed by atoms with van der Waals surface area (Å²) in [5, 5.41) is 7.43. The molecule has 154 valence electrons. The molecule has 30 heavy (non-hydrogen) atoms. The molecule has 2 aromatic heterocycles. The van der Waals surface area contributed by atoms with Crippen LogP contribution < -0.4 is 0 Å². The van der Waals surface area contributed by atoms with Crippen LogP contribution in [-0.4, -0.2) is 10.2 Å². The number of alkyl halides is 6. The number of rotatable bonds is 3. The largest absolute Gasteiger partial charge is 0.426 e. The minimum Gasteiger partial charge on any atom is -0.415 e. The molecule has 2 heterocycles. The van der Waals surface area contributed by atoms with Crippen LogP contribution in [0.1, 0.15) is 10.4 Å². The van der Waals surface area contributed by atoms with E-state index >= 15 is 0 Å². The minimum absolute atomic E-state index is 0.0134. The Balaban J connectivity index is 1.75. The lowest BCUT2D eigenvalue weighted by atomic mass is 10.1. The third-order valence-electron chi connectivity index (χ3n) is 4.15. The molecule has 0 radical (unpaired) electrons. The Morgan fingerprint density at radius 1 is 0.700 bits per heavy atom. The molecule has 0 fully saturated rings.